The highest BCUT2D eigenvalue weighted by atomic mass is 35.5. The van der Waals surface area contributed by atoms with Crippen LogP contribution >= 0.6 is 12.4 Å². The highest BCUT2D eigenvalue weighted by molar-refractivity contribution is 5.85. The maximum Gasteiger partial charge on any atom is 0.0642 e. The van der Waals surface area contributed by atoms with Crippen molar-refractivity contribution in [1.29, 1.82) is 0 Å². The summed E-state index contributed by atoms with van der Waals surface area (Å²) in [4.78, 5) is 2.36. The number of hydrogen-bond donors (Lipinski definition) is 1. The molecule has 0 bridgehead atoms. The lowest BCUT2D eigenvalue weighted by Crippen LogP contribution is -2.36. The minimum Gasteiger partial charge on any atom is -0.378 e. The summed E-state index contributed by atoms with van der Waals surface area (Å²) in [7, 11) is 0. The quantitative estimate of drug-likeness (QED) is 0.872. The molecule has 1 aliphatic heterocycles. The van der Waals surface area contributed by atoms with Crippen LogP contribution in [0.1, 0.15) is 5.56 Å². The molecule has 0 saturated carbocycles. The Balaban J connectivity index is 0.00000128. The number of morpholine rings is 1. The molecule has 90 valence electrons. The monoisotopic (exact) mass is 242 g/mol. The molecule has 0 unspecified atom stereocenters. The normalized spacial score (nSPS) is 15.7. The van der Waals surface area contributed by atoms with Gasteiger partial charge in [0.1, 0.15) is 0 Å². The van der Waals surface area contributed by atoms with Gasteiger partial charge in [-0.3, -0.25) is 0 Å². The van der Waals surface area contributed by atoms with Gasteiger partial charge in [0.05, 0.1) is 13.2 Å². The Bertz CT molecular complexity index is 296. The number of anilines is 1. The van der Waals surface area contributed by atoms with Crippen molar-refractivity contribution < 1.29 is 4.74 Å². The van der Waals surface area contributed by atoms with Gasteiger partial charge in [-0.25, -0.2) is 0 Å². The Hall–Kier alpha value is -0.770. The van der Waals surface area contributed by atoms with Crippen LogP contribution in [0.4, 0.5) is 5.69 Å². The molecule has 0 aromatic heterocycles. The van der Waals surface area contributed by atoms with Gasteiger partial charge in [0.25, 0.3) is 0 Å². The molecule has 0 atom stereocenters. The maximum atomic E-state index is 5.51. The fourth-order valence-corrected chi connectivity index (χ4v) is 1.86. The van der Waals surface area contributed by atoms with Gasteiger partial charge < -0.3 is 15.4 Å². The van der Waals surface area contributed by atoms with Gasteiger partial charge in [0, 0.05) is 18.8 Å². The molecule has 2 rings (SSSR count). The Labute approximate surface area is 103 Å². The van der Waals surface area contributed by atoms with E-state index in [4.69, 9.17) is 10.5 Å². The maximum absolute atomic E-state index is 5.51. The van der Waals surface area contributed by atoms with Gasteiger partial charge in [-0.2, -0.15) is 0 Å². The molecular weight excluding hydrogens is 224 g/mol. The predicted octanol–water partition coefficient (Wildman–Crippen LogP) is 1.45. The van der Waals surface area contributed by atoms with Crippen LogP contribution in [0.15, 0.2) is 24.3 Å². The Morgan fingerprint density at radius 2 is 1.75 bits per heavy atom. The van der Waals surface area contributed by atoms with Crippen LogP contribution in [-0.4, -0.2) is 32.8 Å². The van der Waals surface area contributed by atoms with E-state index in [1.165, 1.54) is 11.3 Å². The Morgan fingerprint density at radius 1 is 1.12 bits per heavy atom. The number of nitrogens with zero attached hydrogens (tertiary/aromatic N) is 1. The minimum atomic E-state index is 0. The number of benzene rings is 1. The molecule has 0 amide bonds. The van der Waals surface area contributed by atoms with E-state index in [2.05, 4.69) is 29.2 Å². The molecule has 4 heteroatoms. The smallest absolute Gasteiger partial charge is 0.0642 e. The van der Waals surface area contributed by atoms with E-state index in [1.54, 1.807) is 0 Å². The zero-order chi connectivity index (χ0) is 10.5. The number of halogens is 1. The van der Waals surface area contributed by atoms with Crippen molar-refractivity contribution in [2.45, 2.75) is 6.42 Å². The van der Waals surface area contributed by atoms with Gasteiger partial charge in [0.2, 0.25) is 0 Å². The van der Waals surface area contributed by atoms with Crippen LogP contribution < -0.4 is 10.6 Å². The average Bonchev–Trinajstić information content (AvgIpc) is 2.32. The standard InChI is InChI=1S/C12H18N2O.ClH/c13-6-5-11-1-3-12(4-2-11)14-7-9-15-10-8-14;/h1-4H,5-10,13H2;1H. The molecule has 1 saturated heterocycles. The molecule has 0 aliphatic carbocycles. The van der Waals surface area contributed by atoms with E-state index in [9.17, 15) is 0 Å². The van der Waals surface area contributed by atoms with Crippen LogP contribution in [0.3, 0.4) is 0 Å². The number of hydrogen-bond acceptors (Lipinski definition) is 3. The molecular formula is C12H19ClN2O. The predicted molar refractivity (Wildman–Crippen MR) is 69.5 cm³/mol. The van der Waals surface area contributed by atoms with E-state index in [0.29, 0.717) is 0 Å². The Morgan fingerprint density at radius 3 is 2.31 bits per heavy atom. The number of ether oxygens (including phenoxy) is 1. The molecule has 0 spiro atoms. The summed E-state index contributed by atoms with van der Waals surface area (Å²) in [5.74, 6) is 0. The summed E-state index contributed by atoms with van der Waals surface area (Å²) in [5.41, 5.74) is 8.12. The van der Waals surface area contributed by atoms with E-state index in [-0.39, 0.29) is 12.4 Å². The molecule has 1 aliphatic rings. The first-order valence-electron chi connectivity index (χ1n) is 5.52. The van der Waals surface area contributed by atoms with Gasteiger partial charge in [-0.05, 0) is 30.7 Å². The summed E-state index contributed by atoms with van der Waals surface area (Å²) < 4.78 is 5.33. The van der Waals surface area contributed by atoms with Crippen molar-refractivity contribution in [3.63, 3.8) is 0 Å². The van der Waals surface area contributed by atoms with Crippen molar-refractivity contribution in [3.05, 3.63) is 29.8 Å². The second-order valence-corrected chi connectivity index (χ2v) is 3.80. The fraction of sp³-hybridized carbons (Fsp3) is 0.500. The van der Waals surface area contributed by atoms with Gasteiger partial charge >= 0.3 is 0 Å². The van der Waals surface area contributed by atoms with Crippen LogP contribution in [0.2, 0.25) is 0 Å². The third-order valence-corrected chi connectivity index (χ3v) is 2.75. The lowest BCUT2D eigenvalue weighted by Gasteiger charge is -2.28. The fourth-order valence-electron chi connectivity index (χ4n) is 1.86. The summed E-state index contributed by atoms with van der Waals surface area (Å²) in [6, 6.07) is 8.68. The molecule has 2 N–H and O–H groups in total. The highest BCUT2D eigenvalue weighted by Gasteiger charge is 2.10. The Kier molecular flexibility index (Phi) is 5.60. The van der Waals surface area contributed by atoms with Crippen molar-refractivity contribution in [2.24, 2.45) is 5.73 Å². The largest absolute Gasteiger partial charge is 0.378 e. The van der Waals surface area contributed by atoms with Crippen molar-refractivity contribution in [1.82, 2.24) is 0 Å². The van der Waals surface area contributed by atoms with E-state index < -0.39 is 0 Å². The molecule has 1 aromatic rings. The number of rotatable bonds is 3. The minimum absolute atomic E-state index is 0. The van der Waals surface area contributed by atoms with E-state index >= 15 is 0 Å². The van der Waals surface area contributed by atoms with Crippen molar-refractivity contribution >= 4 is 18.1 Å². The summed E-state index contributed by atoms with van der Waals surface area (Å²) in [6.45, 7) is 4.39. The third kappa shape index (κ3) is 3.37. The first-order chi connectivity index (χ1) is 7.40. The zero-order valence-electron chi connectivity index (χ0n) is 9.39. The van der Waals surface area contributed by atoms with Gasteiger partial charge in [-0.1, -0.05) is 12.1 Å². The van der Waals surface area contributed by atoms with Gasteiger partial charge in [-0.15, -0.1) is 12.4 Å². The SMILES string of the molecule is Cl.NCCc1ccc(N2CCOCC2)cc1. The van der Waals surface area contributed by atoms with Crippen LogP contribution in [0.5, 0.6) is 0 Å². The van der Waals surface area contributed by atoms with Gasteiger partial charge in [0.15, 0.2) is 0 Å². The van der Waals surface area contributed by atoms with E-state index in [0.717, 1.165) is 39.3 Å². The molecule has 16 heavy (non-hydrogen) atoms. The average molecular weight is 243 g/mol. The lowest BCUT2D eigenvalue weighted by atomic mass is 10.1. The molecule has 3 nitrogen and oxygen atoms in total. The van der Waals surface area contributed by atoms with E-state index in [1.807, 2.05) is 0 Å². The van der Waals surface area contributed by atoms with Crippen LogP contribution in [-0.2, 0) is 11.2 Å². The summed E-state index contributed by atoms with van der Waals surface area (Å²) >= 11 is 0. The highest BCUT2D eigenvalue weighted by Crippen LogP contribution is 2.16. The van der Waals surface area contributed by atoms with Crippen LogP contribution in [0.25, 0.3) is 0 Å². The zero-order valence-corrected chi connectivity index (χ0v) is 10.2. The van der Waals surface area contributed by atoms with Crippen LogP contribution in [0, 0.1) is 0 Å². The molecule has 1 fully saturated rings. The first-order valence-corrected chi connectivity index (χ1v) is 5.52. The molecule has 0 radical (unpaired) electrons. The first kappa shape index (κ1) is 13.3. The second-order valence-electron chi connectivity index (χ2n) is 3.80. The summed E-state index contributed by atoms with van der Waals surface area (Å²) in [6.07, 6.45) is 0.962. The molecule has 1 aromatic carbocycles. The molecule has 1 heterocycles. The third-order valence-electron chi connectivity index (χ3n) is 2.75. The number of nitrogens with two attached hydrogens (primary N) is 1. The topological polar surface area (TPSA) is 38.5 Å². The lowest BCUT2D eigenvalue weighted by molar-refractivity contribution is 0.122. The second kappa shape index (κ2) is 6.74. The van der Waals surface area contributed by atoms with Crippen molar-refractivity contribution in [3.8, 4) is 0 Å². The van der Waals surface area contributed by atoms with Crippen molar-refractivity contribution in [2.75, 3.05) is 37.7 Å². The summed E-state index contributed by atoms with van der Waals surface area (Å²) in [5, 5.41) is 0.